The van der Waals surface area contributed by atoms with Gasteiger partial charge in [-0.05, 0) is 18.6 Å². The molecule has 0 saturated heterocycles. The Labute approximate surface area is 88.5 Å². The SMILES string of the molecule is CC(/C=C\c1ccccc1)=N\NC(N)=O. The molecular weight excluding hydrogens is 190 g/mol. The Hall–Kier alpha value is -2.10. The molecule has 2 amide bonds. The number of carbonyl (C=O) groups excluding carboxylic acids is 1. The Kier molecular flexibility index (Phi) is 4.09. The highest BCUT2D eigenvalue weighted by Crippen LogP contribution is 2.00. The van der Waals surface area contributed by atoms with E-state index < -0.39 is 6.03 Å². The zero-order valence-corrected chi connectivity index (χ0v) is 8.47. The largest absolute Gasteiger partial charge is 0.350 e. The van der Waals surface area contributed by atoms with Gasteiger partial charge in [0.05, 0.1) is 5.71 Å². The number of nitrogens with one attached hydrogen (secondary N) is 1. The van der Waals surface area contributed by atoms with Gasteiger partial charge in [0.25, 0.3) is 0 Å². The maximum atomic E-state index is 10.4. The minimum atomic E-state index is -0.664. The summed E-state index contributed by atoms with van der Waals surface area (Å²) in [6.07, 6.45) is 3.70. The van der Waals surface area contributed by atoms with E-state index in [4.69, 9.17) is 5.73 Å². The molecule has 0 unspecified atom stereocenters. The van der Waals surface area contributed by atoms with Gasteiger partial charge in [-0.25, -0.2) is 10.2 Å². The van der Waals surface area contributed by atoms with Gasteiger partial charge in [0.1, 0.15) is 0 Å². The number of hydrogen-bond donors (Lipinski definition) is 2. The molecule has 0 aromatic heterocycles. The molecule has 0 aliphatic rings. The summed E-state index contributed by atoms with van der Waals surface area (Å²) in [7, 11) is 0. The highest BCUT2D eigenvalue weighted by atomic mass is 16.2. The topological polar surface area (TPSA) is 67.5 Å². The zero-order valence-electron chi connectivity index (χ0n) is 8.47. The minimum absolute atomic E-state index is 0.664. The van der Waals surface area contributed by atoms with E-state index in [0.29, 0.717) is 5.71 Å². The molecule has 0 heterocycles. The number of nitrogens with zero attached hydrogens (tertiary/aromatic N) is 1. The fourth-order valence-electron chi connectivity index (χ4n) is 0.962. The van der Waals surface area contributed by atoms with E-state index in [1.165, 1.54) is 0 Å². The van der Waals surface area contributed by atoms with Crippen LogP contribution in [0.5, 0.6) is 0 Å². The lowest BCUT2D eigenvalue weighted by Gasteiger charge is -1.94. The van der Waals surface area contributed by atoms with Gasteiger partial charge >= 0.3 is 6.03 Å². The van der Waals surface area contributed by atoms with E-state index in [1.807, 2.05) is 36.4 Å². The summed E-state index contributed by atoms with van der Waals surface area (Å²) in [4.78, 5) is 10.4. The van der Waals surface area contributed by atoms with Crippen molar-refractivity contribution in [2.75, 3.05) is 0 Å². The zero-order chi connectivity index (χ0) is 11.1. The molecule has 0 spiro atoms. The van der Waals surface area contributed by atoms with Crippen molar-refractivity contribution in [3.63, 3.8) is 0 Å². The van der Waals surface area contributed by atoms with Gasteiger partial charge in [0.2, 0.25) is 0 Å². The molecule has 1 rings (SSSR count). The van der Waals surface area contributed by atoms with Crippen LogP contribution in [0.25, 0.3) is 6.08 Å². The maximum absolute atomic E-state index is 10.4. The predicted molar refractivity (Wildman–Crippen MR) is 61.3 cm³/mol. The Morgan fingerprint density at radius 3 is 2.67 bits per heavy atom. The first-order valence-corrected chi connectivity index (χ1v) is 4.51. The van der Waals surface area contributed by atoms with Gasteiger partial charge in [-0.3, -0.25) is 0 Å². The van der Waals surface area contributed by atoms with Crippen LogP contribution < -0.4 is 11.2 Å². The molecule has 1 aromatic carbocycles. The lowest BCUT2D eigenvalue weighted by Crippen LogP contribution is -2.25. The van der Waals surface area contributed by atoms with Crippen molar-refractivity contribution in [2.45, 2.75) is 6.92 Å². The van der Waals surface area contributed by atoms with Gasteiger partial charge in [0.15, 0.2) is 0 Å². The van der Waals surface area contributed by atoms with Crippen LogP contribution in [0.1, 0.15) is 12.5 Å². The number of rotatable bonds is 3. The Morgan fingerprint density at radius 2 is 2.07 bits per heavy atom. The summed E-state index contributed by atoms with van der Waals surface area (Å²) in [6.45, 7) is 1.77. The number of allylic oxidation sites excluding steroid dienone is 1. The van der Waals surface area contributed by atoms with Crippen LogP contribution in [0.2, 0.25) is 0 Å². The molecule has 4 heteroatoms. The third-order valence-electron chi connectivity index (χ3n) is 1.66. The first kappa shape index (κ1) is 11.0. The molecule has 4 nitrogen and oxygen atoms in total. The molecule has 0 radical (unpaired) electrons. The van der Waals surface area contributed by atoms with Crippen LogP contribution in [-0.4, -0.2) is 11.7 Å². The van der Waals surface area contributed by atoms with Crippen molar-refractivity contribution in [3.05, 3.63) is 42.0 Å². The molecule has 15 heavy (non-hydrogen) atoms. The van der Waals surface area contributed by atoms with E-state index in [1.54, 1.807) is 13.0 Å². The van der Waals surface area contributed by atoms with E-state index >= 15 is 0 Å². The van der Waals surface area contributed by atoms with Crippen LogP contribution >= 0.6 is 0 Å². The number of benzene rings is 1. The standard InChI is InChI=1S/C11H13N3O/c1-9(13-14-11(12)15)7-8-10-5-3-2-4-6-10/h2-8H,1H3,(H3,12,14,15)/b8-7-,13-9+. The fourth-order valence-corrected chi connectivity index (χ4v) is 0.962. The van der Waals surface area contributed by atoms with Crippen molar-refractivity contribution < 1.29 is 4.79 Å². The normalized spacial score (nSPS) is 11.7. The fraction of sp³-hybridized carbons (Fsp3) is 0.0909. The number of nitrogens with two attached hydrogens (primary N) is 1. The monoisotopic (exact) mass is 203 g/mol. The molecule has 0 saturated carbocycles. The lowest BCUT2D eigenvalue weighted by molar-refractivity contribution is 0.249. The first-order valence-electron chi connectivity index (χ1n) is 4.51. The number of hydrazone groups is 1. The molecule has 0 bridgehead atoms. The molecule has 1 aromatic rings. The van der Waals surface area contributed by atoms with Crippen molar-refractivity contribution in [3.8, 4) is 0 Å². The van der Waals surface area contributed by atoms with E-state index in [9.17, 15) is 4.79 Å². The van der Waals surface area contributed by atoms with Crippen LogP contribution in [0, 0.1) is 0 Å². The second-order valence-corrected chi connectivity index (χ2v) is 2.97. The number of primary amides is 1. The smallest absolute Gasteiger partial charge is 0.332 e. The van der Waals surface area contributed by atoms with Gasteiger partial charge in [-0.2, -0.15) is 5.10 Å². The second-order valence-electron chi connectivity index (χ2n) is 2.97. The molecule has 0 aliphatic carbocycles. The quantitative estimate of drug-likeness (QED) is 0.570. The number of amides is 2. The highest BCUT2D eigenvalue weighted by molar-refractivity contribution is 5.96. The van der Waals surface area contributed by atoms with E-state index in [2.05, 4.69) is 10.5 Å². The summed E-state index contributed by atoms with van der Waals surface area (Å²) in [5, 5.41) is 3.74. The Bertz CT molecular complexity index is 382. The minimum Gasteiger partial charge on any atom is -0.350 e. The van der Waals surface area contributed by atoms with Gasteiger partial charge < -0.3 is 5.73 Å². The summed E-state index contributed by atoms with van der Waals surface area (Å²) in [5.41, 5.74) is 8.78. The van der Waals surface area contributed by atoms with Gasteiger partial charge in [0, 0.05) is 0 Å². The van der Waals surface area contributed by atoms with Crippen molar-refractivity contribution in [1.82, 2.24) is 5.43 Å². The Morgan fingerprint density at radius 1 is 1.40 bits per heavy atom. The molecular formula is C11H13N3O. The molecule has 0 aliphatic heterocycles. The van der Waals surface area contributed by atoms with E-state index in [-0.39, 0.29) is 0 Å². The van der Waals surface area contributed by atoms with Crippen LogP contribution in [-0.2, 0) is 0 Å². The number of carbonyl (C=O) groups is 1. The van der Waals surface area contributed by atoms with Gasteiger partial charge in [-0.15, -0.1) is 0 Å². The maximum Gasteiger partial charge on any atom is 0.332 e. The number of urea groups is 1. The van der Waals surface area contributed by atoms with Gasteiger partial charge in [-0.1, -0.05) is 36.4 Å². The first-order chi connectivity index (χ1) is 7.18. The highest BCUT2D eigenvalue weighted by Gasteiger charge is 1.88. The Balaban J connectivity index is 2.58. The summed E-state index contributed by atoms with van der Waals surface area (Å²) < 4.78 is 0. The van der Waals surface area contributed by atoms with Crippen molar-refractivity contribution in [1.29, 1.82) is 0 Å². The third-order valence-corrected chi connectivity index (χ3v) is 1.66. The molecule has 3 N–H and O–H groups in total. The number of hydrogen-bond acceptors (Lipinski definition) is 2. The molecule has 0 atom stereocenters. The van der Waals surface area contributed by atoms with Crippen LogP contribution in [0.15, 0.2) is 41.5 Å². The average molecular weight is 203 g/mol. The third kappa shape index (κ3) is 4.61. The lowest BCUT2D eigenvalue weighted by atomic mass is 10.2. The van der Waals surface area contributed by atoms with Crippen molar-refractivity contribution in [2.24, 2.45) is 10.8 Å². The molecule has 0 fully saturated rings. The summed E-state index contributed by atoms with van der Waals surface area (Å²) in [5.74, 6) is 0. The second kappa shape index (κ2) is 5.59. The average Bonchev–Trinajstić information content (AvgIpc) is 2.25. The van der Waals surface area contributed by atoms with Crippen molar-refractivity contribution >= 4 is 17.8 Å². The van der Waals surface area contributed by atoms with E-state index in [0.717, 1.165) is 5.56 Å². The summed E-state index contributed by atoms with van der Waals surface area (Å²) in [6, 6.07) is 9.15. The molecule has 78 valence electrons. The van der Waals surface area contributed by atoms with Crippen LogP contribution in [0.3, 0.4) is 0 Å². The van der Waals surface area contributed by atoms with Crippen LogP contribution in [0.4, 0.5) is 4.79 Å². The predicted octanol–water partition coefficient (Wildman–Crippen LogP) is 1.74. The summed E-state index contributed by atoms with van der Waals surface area (Å²) >= 11 is 0.